The number of anilines is 1. The zero-order valence-corrected chi connectivity index (χ0v) is 10.5. The number of nitrogens with two attached hydrogens (primary N) is 1. The number of fused-ring (bicyclic) bond motifs is 1. The number of hydrogen-bond acceptors (Lipinski definition) is 4. The summed E-state index contributed by atoms with van der Waals surface area (Å²) < 4.78 is 5.28. The minimum absolute atomic E-state index is 0.783. The van der Waals surface area contributed by atoms with Crippen molar-refractivity contribution in [1.82, 2.24) is 10.3 Å². The number of rotatable bonds is 4. The van der Waals surface area contributed by atoms with Gasteiger partial charge in [-0.3, -0.25) is 0 Å². The van der Waals surface area contributed by atoms with E-state index in [9.17, 15) is 0 Å². The number of oxazole rings is 1. The number of hydrogen-bond donors (Lipinski definition) is 2. The predicted molar refractivity (Wildman–Crippen MR) is 75.4 cm³/mol. The molecule has 0 bridgehead atoms. The first-order valence-electron chi connectivity index (χ1n) is 6.18. The molecule has 0 saturated heterocycles. The molecule has 0 aliphatic rings. The topological polar surface area (TPSA) is 64.1 Å². The molecule has 0 fully saturated rings. The quantitative estimate of drug-likeness (QED) is 0.702. The summed E-state index contributed by atoms with van der Waals surface area (Å²) in [5, 5.41) is 3.38. The average molecular weight is 253 g/mol. The van der Waals surface area contributed by atoms with Gasteiger partial charge in [0.2, 0.25) is 0 Å². The molecule has 0 aliphatic heterocycles. The highest BCUT2D eigenvalue weighted by Crippen LogP contribution is 2.14. The van der Waals surface area contributed by atoms with Crippen LogP contribution < -0.4 is 11.1 Å². The fraction of sp³-hybridized carbons (Fsp3) is 0.133. The van der Waals surface area contributed by atoms with Gasteiger partial charge in [-0.05, 0) is 35.4 Å². The van der Waals surface area contributed by atoms with Gasteiger partial charge in [0, 0.05) is 18.8 Å². The van der Waals surface area contributed by atoms with E-state index in [0.717, 1.165) is 29.9 Å². The summed E-state index contributed by atoms with van der Waals surface area (Å²) in [5.74, 6) is 0. The zero-order chi connectivity index (χ0) is 13.1. The van der Waals surface area contributed by atoms with Crippen molar-refractivity contribution in [3.63, 3.8) is 0 Å². The number of benzene rings is 2. The van der Waals surface area contributed by atoms with Crippen molar-refractivity contribution >= 4 is 16.8 Å². The van der Waals surface area contributed by atoms with Crippen molar-refractivity contribution < 1.29 is 4.42 Å². The monoisotopic (exact) mass is 253 g/mol. The third kappa shape index (κ3) is 2.74. The summed E-state index contributed by atoms with van der Waals surface area (Å²) in [4.78, 5) is 4.10. The van der Waals surface area contributed by atoms with Crippen LogP contribution in [0.4, 0.5) is 5.69 Å². The van der Waals surface area contributed by atoms with E-state index < -0.39 is 0 Å². The summed E-state index contributed by atoms with van der Waals surface area (Å²) >= 11 is 0. The number of nitrogens with one attached hydrogen (secondary N) is 1. The van der Waals surface area contributed by atoms with Crippen LogP contribution in [0.2, 0.25) is 0 Å². The maximum absolute atomic E-state index is 5.74. The Morgan fingerprint density at radius 2 is 1.89 bits per heavy atom. The molecule has 0 spiro atoms. The Morgan fingerprint density at radius 1 is 1.05 bits per heavy atom. The van der Waals surface area contributed by atoms with Crippen molar-refractivity contribution in [3.8, 4) is 0 Å². The molecule has 0 radical (unpaired) electrons. The lowest BCUT2D eigenvalue weighted by Crippen LogP contribution is -2.12. The number of aromatic nitrogens is 1. The van der Waals surface area contributed by atoms with Crippen LogP contribution in [0.5, 0.6) is 0 Å². The van der Waals surface area contributed by atoms with E-state index in [4.69, 9.17) is 10.2 Å². The molecule has 3 aromatic rings. The summed E-state index contributed by atoms with van der Waals surface area (Å²) in [6.45, 7) is 1.57. The first kappa shape index (κ1) is 11.7. The molecular weight excluding hydrogens is 238 g/mol. The minimum Gasteiger partial charge on any atom is -0.443 e. The summed E-state index contributed by atoms with van der Waals surface area (Å²) in [6, 6.07) is 13.9. The molecule has 1 aromatic heterocycles. The normalized spacial score (nSPS) is 10.9. The van der Waals surface area contributed by atoms with Gasteiger partial charge >= 0.3 is 0 Å². The standard InChI is InChI=1S/C15H15N3O/c16-13-3-1-2-11(6-13)8-17-9-12-4-5-14-15(7-12)19-10-18-14/h1-7,10,17H,8-9,16H2. The van der Waals surface area contributed by atoms with Crippen molar-refractivity contribution in [2.45, 2.75) is 13.1 Å². The molecule has 0 unspecified atom stereocenters. The second-order valence-electron chi connectivity index (χ2n) is 4.50. The third-order valence-electron chi connectivity index (χ3n) is 3.00. The van der Waals surface area contributed by atoms with Gasteiger partial charge in [0.05, 0.1) is 0 Å². The van der Waals surface area contributed by atoms with E-state index in [1.807, 2.05) is 30.3 Å². The lowest BCUT2D eigenvalue weighted by Gasteiger charge is -2.05. The van der Waals surface area contributed by atoms with Gasteiger partial charge in [-0.2, -0.15) is 0 Å². The SMILES string of the molecule is Nc1cccc(CNCc2ccc3ncoc3c2)c1. The van der Waals surface area contributed by atoms with E-state index >= 15 is 0 Å². The van der Waals surface area contributed by atoms with Crippen LogP contribution in [0.3, 0.4) is 0 Å². The molecule has 3 rings (SSSR count). The average Bonchev–Trinajstić information content (AvgIpc) is 2.86. The molecule has 4 nitrogen and oxygen atoms in total. The highest BCUT2D eigenvalue weighted by Gasteiger charge is 2.00. The van der Waals surface area contributed by atoms with Crippen molar-refractivity contribution in [2.24, 2.45) is 0 Å². The molecule has 4 heteroatoms. The van der Waals surface area contributed by atoms with E-state index in [0.29, 0.717) is 0 Å². The Labute approximate surface area is 111 Å². The van der Waals surface area contributed by atoms with Gasteiger partial charge < -0.3 is 15.5 Å². The minimum atomic E-state index is 0.783. The molecule has 96 valence electrons. The fourth-order valence-corrected chi connectivity index (χ4v) is 2.06. The molecule has 2 aromatic carbocycles. The second-order valence-corrected chi connectivity index (χ2v) is 4.50. The third-order valence-corrected chi connectivity index (χ3v) is 3.00. The summed E-state index contributed by atoms with van der Waals surface area (Å²) in [5.41, 5.74) is 10.6. The second kappa shape index (κ2) is 5.12. The van der Waals surface area contributed by atoms with Crippen LogP contribution in [0.15, 0.2) is 53.3 Å². The maximum atomic E-state index is 5.74. The van der Waals surface area contributed by atoms with Gasteiger partial charge in [-0.1, -0.05) is 18.2 Å². The fourth-order valence-electron chi connectivity index (χ4n) is 2.06. The molecular formula is C15H15N3O. The van der Waals surface area contributed by atoms with E-state index in [2.05, 4.69) is 22.4 Å². The van der Waals surface area contributed by atoms with E-state index in [1.165, 1.54) is 17.5 Å². The first-order chi connectivity index (χ1) is 9.31. The van der Waals surface area contributed by atoms with Crippen LogP contribution in [-0.2, 0) is 13.1 Å². The number of nitrogens with zero attached hydrogens (tertiary/aromatic N) is 1. The smallest absolute Gasteiger partial charge is 0.181 e. The molecule has 0 atom stereocenters. The Kier molecular flexibility index (Phi) is 3.16. The van der Waals surface area contributed by atoms with Crippen molar-refractivity contribution in [2.75, 3.05) is 5.73 Å². The van der Waals surface area contributed by atoms with Crippen molar-refractivity contribution in [1.29, 1.82) is 0 Å². The molecule has 0 amide bonds. The maximum Gasteiger partial charge on any atom is 0.181 e. The Morgan fingerprint density at radius 3 is 2.74 bits per heavy atom. The molecule has 0 aliphatic carbocycles. The lowest BCUT2D eigenvalue weighted by atomic mass is 10.2. The van der Waals surface area contributed by atoms with Crippen LogP contribution >= 0.6 is 0 Å². The Bertz CT molecular complexity index is 690. The van der Waals surface area contributed by atoms with E-state index in [1.54, 1.807) is 0 Å². The van der Waals surface area contributed by atoms with Gasteiger partial charge in [0.15, 0.2) is 12.0 Å². The van der Waals surface area contributed by atoms with Gasteiger partial charge in [0.25, 0.3) is 0 Å². The highest BCUT2D eigenvalue weighted by atomic mass is 16.3. The van der Waals surface area contributed by atoms with Crippen molar-refractivity contribution in [3.05, 3.63) is 60.0 Å². The van der Waals surface area contributed by atoms with Crippen LogP contribution in [0, 0.1) is 0 Å². The lowest BCUT2D eigenvalue weighted by molar-refractivity contribution is 0.601. The predicted octanol–water partition coefficient (Wildman–Crippen LogP) is 2.70. The van der Waals surface area contributed by atoms with Crippen LogP contribution in [0.1, 0.15) is 11.1 Å². The summed E-state index contributed by atoms with van der Waals surface area (Å²) in [7, 11) is 0. The van der Waals surface area contributed by atoms with Crippen LogP contribution in [0.25, 0.3) is 11.1 Å². The van der Waals surface area contributed by atoms with E-state index in [-0.39, 0.29) is 0 Å². The number of nitrogen functional groups attached to an aromatic ring is 1. The molecule has 0 saturated carbocycles. The first-order valence-corrected chi connectivity index (χ1v) is 6.18. The zero-order valence-electron chi connectivity index (χ0n) is 10.5. The van der Waals surface area contributed by atoms with Crippen LogP contribution in [-0.4, -0.2) is 4.98 Å². The largest absolute Gasteiger partial charge is 0.443 e. The summed E-state index contributed by atoms with van der Waals surface area (Å²) in [6.07, 6.45) is 1.47. The van der Waals surface area contributed by atoms with Gasteiger partial charge in [-0.25, -0.2) is 4.98 Å². The molecule has 3 N–H and O–H groups in total. The highest BCUT2D eigenvalue weighted by molar-refractivity contribution is 5.72. The Balaban J connectivity index is 1.62. The Hall–Kier alpha value is -2.33. The molecule has 19 heavy (non-hydrogen) atoms. The van der Waals surface area contributed by atoms with Gasteiger partial charge in [-0.15, -0.1) is 0 Å². The molecule has 1 heterocycles. The van der Waals surface area contributed by atoms with Gasteiger partial charge in [0.1, 0.15) is 5.52 Å².